The molecule has 0 fully saturated rings. The zero-order valence-corrected chi connectivity index (χ0v) is 13.9. The molecule has 0 bridgehead atoms. The maximum Gasteiger partial charge on any atom is 0.348 e. The lowest BCUT2D eigenvalue weighted by Crippen LogP contribution is -2.20. The van der Waals surface area contributed by atoms with Gasteiger partial charge in [0.15, 0.2) is 6.61 Å². The molecule has 1 aromatic carbocycles. The fraction of sp³-hybridized carbons (Fsp3) is 0.250. The molecule has 0 spiro atoms. The number of anilines is 1. The maximum atomic E-state index is 11.9. The van der Waals surface area contributed by atoms with E-state index in [2.05, 4.69) is 5.32 Å². The molecule has 0 radical (unpaired) electrons. The van der Waals surface area contributed by atoms with Gasteiger partial charge in [-0.3, -0.25) is 4.79 Å². The standard InChI is InChI=1S/C16H16ClNO3S/c1-3-13-10(2)8-14(22-13)16(20)21-9-15(19)18-12-7-5-4-6-11(12)17/h4-8H,3,9H2,1-2H3,(H,18,19). The molecule has 1 amide bonds. The molecule has 0 saturated heterocycles. The first-order valence-electron chi connectivity index (χ1n) is 6.82. The van der Waals surface area contributed by atoms with Crippen molar-refractivity contribution in [3.63, 3.8) is 0 Å². The minimum Gasteiger partial charge on any atom is -0.451 e. The van der Waals surface area contributed by atoms with Gasteiger partial charge in [-0.2, -0.15) is 0 Å². The summed E-state index contributed by atoms with van der Waals surface area (Å²) in [5.41, 5.74) is 1.56. The third-order valence-corrected chi connectivity index (χ3v) is 4.72. The molecule has 1 heterocycles. The Morgan fingerprint density at radius 1 is 1.32 bits per heavy atom. The van der Waals surface area contributed by atoms with Crippen LogP contribution in [0.1, 0.15) is 27.0 Å². The Kier molecular flexibility index (Phi) is 5.57. The highest BCUT2D eigenvalue weighted by Crippen LogP contribution is 2.23. The highest BCUT2D eigenvalue weighted by Gasteiger charge is 2.15. The van der Waals surface area contributed by atoms with Crippen LogP contribution in [-0.4, -0.2) is 18.5 Å². The van der Waals surface area contributed by atoms with Crippen molar-refractivity contribution in [2.24, 2.45) is 0 Å². The van der Waals surface area contributed by atoms with Crippen LogP contribution in [0.4, 0.5) is 5.69 Å². The maximum absolute atomic E-state index is 11.9. The highest BCUT2D eigenvalue weighted by atomic mass is 35.5. The number of carbonyl (C=O) groups is 2. The summed E-state index contributed by atoms with van der Waals surface area (Å²) in [4.78, 5) is 25.4. The van der Waals surface area contributed by atoms with E-state index in [1.807, 2.05) is 13.8 Å². The van der Waals surface area contributed by atoms with E-state index >= 15 is 0 Å². The molecule has 2 rings (SSSR count). The molecule has 0 saturated carbocycles. The first kappa shape index (κ1) is 16.5. The predicted molar refractivity (Wildman–Crippen MR) is 88.8 cm³/mol. The summed E-state index contributed by atoms with van der Waals surface area (Å²) < 4.78 is 5.03. The van der Waals surface area contributed by atoms with Gasteiger partial charge in [0, 0.05) is 4.88 Å². The smallest absolute Gasteiger partial charge is 0.348 e. The predicted octanol–water partition coefficient (Wildman–Crippen LogP) is 4.07. The summed E-state index contributed by atoms with van der Waals surface area (Å²) >= 11 is 7.34. The number of thiophene rings is 1. The van der Waals surface area contributed by atoms with E-state index in [1.165, 1.54) is 11.3 Å². The van der Waals surface area contributed by atoms with E-state index in [0.29, 0.717) is 15.6 Å². The van der Waals surface area contributed by atoms with Gasteiger partial charge in [0.25, 0.3) is 5.91 Å². The third-order valence-electron chi connectivity index (χ3n) is 3.03. The van der Waals surface area contributed by atoms with Crippen LogP contribution in [0, 0.1) is 6.92 Å². The van der Waals surface area contributed by atoms with Gasteiger partial charge in [-0.25, -0.2) is 4.79 Å². The lowest BCUT2D eigenvalue weighted by molar-refractivity contribution is -0.119. The van der Waals surface area contributed by atoms with E-state index in [0.717, 1.165) is 16.9 Å². The van der Waals surface area contributed by atoms with E-state index in [1.54, 1.807) is 30.3 Å². The minimum atomic E-state index is -0.484. The van der Waals surface area contributed by atoms with Crippen molar-refractivity contribution in [1.29, 1.82) is 0 Å². The number of aryl methyl sites for hydroxylation is 2. The molecule has 0 aliphatic rings. The van der Waals surface area contributed by atoms with E-state index in [9.17, 15) is 9.59 Å². The first-order chi connectivity index (χ1) is 10.5. The average molecular weight is 338 g/mol. The summed E-state index contributed by atoms with van der Waals surface area (Å²) in [5, 5.41) is 3.03. The van der Waals surface area contributed by atoms with Gasteiger partial charge in [-0.1, -0.05) is 30.7 Å². The Hall–Kier alpha value is -1.85. The molecule has 4 nitrogen and oxygen atoms in total. The van der Waals surface area contributed by atoms with Crippen LogP contribution in [0.2, 0.25) is 5.02 Å². The van der Waals surface area contributed by atoms with Gasteiger partial charge in [0.05, 0.1) is 10.7 Å². The van der Waals surface area contributed by atoms with Gasteiger partial charge in [0.2, 0.25) is 0 Å². The molecule has 0 aliphatic heterocycles. The summed E-state index contributed by atoms with van der Waals surface area (Å²) in [6.07, 6.45) is 0.872. The monoisotopic (exact) mass is 337 g/mol. The second-order valence-electron chi connectivity index (χ2n) is 4.67. The molecule has 0 aliphatic carbocycles. The number of halogens is 1. The number of para-hydroxylation sites is 1. The van der Waals surface area contributed by atoms with Crippen molar-refractivity contribution in [2.45, 2.75) is 20.3 Å². The van der Waals surface area contributed by atoms with Crippen LogP contribution < -0.4 is 5.32 Å². The molecule has 1 N–H and O–H groups in total. The number of carbonyl (C=O) groups excluding carboxylic acids is 2. The van der Waals surface area contributed by atoms with E-state index in [4.69, 9.17) is 16.3 Å². The fourth-order valence-corrected chi connectivity index (χ4v) is 3.11. The van der Waals surface area contributed by atoms with Gasteiger partial charge >= 0.3 is 5.97 Å². The summed E-state index contributed by atoms with van der Waals surface area (Å²) in [6.45, 7) is 3.64. The Bertz CT molecular complexity index is 696. The molecule has 1 aromatic heterocycles. The number of amides is 1. The van der Waals surface area contributed by atoms with Gasteiger partial charge in [-0.05, 0) is 37.1 Å². The zero-order valence-electron chi connectivity index (χ0n) is 12.3. The Balaban J connectivity index is 1.90. The molecular weight excluding hydrogens is 322 g/mol. The Morgan fingerprint density at radius 2 is 2.05 bits per heavy atom. The van der Waals surface area contributed by atoms with Crippen LogP contribution in [0.15, 0.2) is 30.3 Å². The second kappa shape index (κ2) is 7.42. The summed E-state index contributed by atoms with van der Waals surface area (Å²) in [7, 11) is 0. The number of hydrogen-bond acceptors (Lipinski definition) is 4. The zero-order chi connectivity index (χ0) is 16.1. The number of esters is 1. The molecule has 0 atom stereocenters. The summed E-state index contributed by atoms with van der Waals surface area (Å²) in [5.74, 6) is -0.910. The van der Waals surface area contributed by atoms with Gasteiger partial charge in [-0.15, -0.1) is 11.3 Å². The molecule has 22 heavy (non-hydrogen) atoms. The lowest BCUT2D eigenvalue weighted by Gasteiger charge is -2.07. The topological polar surface area (TPSA) is 55.4 Å². The van der Waals surface area contributed by atoms with Crippen molar-refractivity contribution in [3.05, 3.63) is 50.7 Å². The van der Waals surface area contributed by atoms with Crippen molar-refractivity contribution in [2.75, 3.05) is 11.9 Å². The molecule has 6 heteroatoms. The Labute approximate surface area is 138 Å². The van der Waals surface area contributed by atoms with Crippen LogP contribution in [0.3, 0.4) is 0 Å². The van der Waals surface area contributed by atoms with Gasteiger partial charge in [0.1, 0.15) is 4.88 Å². The number of hydrogen-bond donors (Lipinski definition) is 1. The van der Waals surface area contributed by atoms with Crippen molar-refractivity contribution >= 4 is 40.5 Å². The second-order valence-corrected chi connectivity index (χ2v) is 6.22. The van der Waals surface area contributed by atoms with E-state index in [-0.39, 0.29) is 6.61 Å². The van der Waals surface area contributed by atoms with Crippen molar-refractivity contribution < 1.29 is 14.3 Å². The summed E-state index contributed by atoms with van der Waals surface area (Å²) in [6, 6.07) is 8.66. The van der Waals surface area contributed by atoms with Crippen LogP contribution in [0.25, 0.3) is 0 Å². The molecule has 0 unspecified atom stereocenters. The van der Waals surface area contributed by atoms with Gasteiger partial charge < -0.3 is 10.1 Å². The Morgan fingerprint density at radius 3 is 2.68 bits per heavy atom. The van der Waals surface area contributed by atoms with Crippen LogP contribution >= 0.6 is 22.9 Å². The SMILES string of the molecule is CCc1sc(C(=O)OCC(=O)Nc2ccccc2Cl)cc1C. The largest absolute Gasteiger partial charge is 0.451 e. The van der Waals surface area contributed by atoms with Crippen molar-refractivity contribution in [1.82, 2.24) is 0 Å². The molecular formula is C16H16ClNO3S. The van der Waals surface area contributed by atoms with Crippen molar-refractivity contribution in [3.8, 4) is 0 Å². The van der Waals surface area contributed by atoms with Crippen LogP contribution in [-0.2, 0) is 16.0 Å². The minimum absolute atomic E-state index is 0.345. The molecule has 2 aromatic rings. The normalized spacial score (nSPS) is 10.3. The third kappa shape index (κ3) is 4.08. The fourth-order valence-electron chi connectivity index (χ4n) is 1.92. The number of nitrogens with one attached hydrogen (secondary N) is 1. The molecule has 116 valence electrons. The lowest BCUT2D eigenvalue weighted by atomic mass is 10.2. The average Bonchev–Trinajstić information content (AvgIpc) is 2.88. The number of ether oxygens (including phenoxy) is 1. The number of benzene rings is 1. The van der Waals surface area contributed by atoms with E-state index < -0.39 is 11.9 Å². The first-order valence-corrected chi connectivity index (χ1v) is 8.01. The number of rotatable bonds is 5. The quantitative estimate of drug-likeness (QED) is 0.837. The highest BCUT2D eigenvalue weighted by molar-refractivity contribution is 7.14. The van der Waals surface area contributed by atoms with Crippen LogP contribution in [0.5, 0.6) is 0 Å².